The molecular formula is C12H15O3S-. The molecule has 1 atom stereocenters. The summed E-state index contributed by atoms with van der Waals surface area (Å²) in [6, 6.07) is 6.63. The fourth-order valence-electron chi connectivity index (χ4n) is 2.06. The van der Waals surface area contributed by atoms with Gasteiger partial charge in [0.05, 0.1) is 6.61 Å². The van der Waals surface area contributed by atoms with Crippen molar-refractivity contribution in [3.8, 4) is 5.75 Å². The van der Waals surface area contributed by atoms with Gasteiger partial charge in [0.2, 0.25) is 0 Å². The molecule has 0 aliphatic heterocycles. The van der Waals surface area contributed by atoms with Gasteiger partial charge in [-0.3, -0.25) is 4.21 Å². The van der Waals surface area contributed by atoms with Gasteiger partial charge in [0, 0.05) is 4.90 Å². The molecule has 0 radical (unpaired) electrons. The molecular weight excluding hydrogens is 224 g/mol. The average molecular weight is 239 g/mol. The van der Waals surface area contributed by atoms with Gasteiger partial charge in [-0.2, -0.15) is 0 Å². The Labute approximate surface area is 98.1 Å². The van der Waals surface area contributed by atoms with Crippen molar-refractivity contribution in [2.45, 2.75) is 30.6 Å². The van der Waals surface area contributed by atoms with Gasteiger partial charge in [-0.1, -0.05) is 18.9 Å². The van der Waals surface area contributed by atoms with E-state index >= 15 is 0 Å². The Morgan fingerprint density at radius 3 is 2.81 bits per heavy atom. The Balaban J connectivity index is 1.93. The second-order valence-corrected chi connectivity index (χ2v) is 5.11. The molecule has 1 fully saturated rings. The van der Waals surface area contributed by atoms with E-state index in [2.05, 4.69) is 0 Å². The van der Waals surface area contributed by atoms with E-state index in [1.165, 1.54) is 25.7 Å². The molecule has 0 spiro atoms. The van der Waals surface area contributed by atoms with Crippen LogP contribution in [-0.2, 0) is 11.1 Å². The highest BCUT2D eigenvalue weighted by Gasteiger charge is 2.15. The highest BCUT2D eigenvalue weighted by molar-refractivity contribution is 7.79. The molecule has 88 valence electrons. The maximum Gasteiger partial charge on any atom is 0.120 e. The summed E-state index contributed by atoms with van der Waals surface area (Å²) in [5.41, 5.74) is 0. The maximum absolute atomic E-state index is 10.8. The molecule has 0 heterocycles. The average Bonchev–Trinajstić information content (AvgIpc) is 2.79. The van der Waals surface area contributed by atoms with Crippen molar-refractivity contribution in [3.05, 3.63) is 24.3 Å². The fourth-order valence-corrected chi connectivity index (χ4v) is 2.46. The monoisotopic (exact) mass is 239 g/mol. The molecule has 0 amide bonds. The maximum atomic E-state index is 10.8. The van der Waals surface area contributed by atoms with Crippen LogP contribution in [0.2, 0.25) is 0 Å². The van der Waals surface area contributed by atoms with Crippen LogP contribution in [0.25, 0.3) is 0 Å². The lowest BCUT2D eigenvalue weighted by Gasteiger charge is -2.12. The summed E-state index contributed by atoms with van der Waals surface area (Å²) in [7, 11) is 0. The molecule has 1 aromatic carbocycles. The molecule has 0 saturated heterocycles. The second-order valence-electron chi connectivity index (χ2n) is 4.17. The Bertz CT molecular complexity index is 372. The largest absolute Gasteiger partial charge is 0.768 e. The SMILES string of the molecule is O=S([O-])c1cccc(OCC2CCCC2)c1. The standard InChI is InChI=1S/C12H16O3S/c13-16(14)12-7-3-6-11(8-12)15-9-10-4-1-2-5-10/h3,6-8,10H,1-2,4-5,9H2,(H,13,14)/p-1. The molecule has 3 nitrogen and oxygen atoms in total. The van der Waals surface area contributed by atoms with Crippen LogP contribution in [0.4, 0.5) is 0 Å². The van der Waals surface area contributed by atoms with Crippen LogP contribution >= 0.6 is 0 Å². The molecule has 0 bridgehead atoms. The molecule has 1 aromatic rings. The quantitative estimate of drug-likeness (QED) is 0.758. The van der Waals surface area contributed by atoms with Crippen molar-refractivity contribution >= 4 is 11.1 Å². The lowest BCUT2D eigenvalue weighted by atomic mass is 10.1. The minimum Gasteiger partial charge on any atom is -0.768 e. The normalized spacial score (nSPS) is 18.6. The van der Waals surface area contributed by atoms with Crippen molar-refractivity contribution < 1.29 is 13.5 Å². The number of hydrogen-bond acceptors (Lipinski definition) is 3. The van der Waals surface area contributed by atoms with Crippen molar-refractivity contribution in [1.82, 2.24) is 0 Å². The van der Waals surface area contributed by atoms with Crippen LogP contribution in [0, 0.1) is 5.92 Å². The Hall–Kier alpha value is -0.870. The van der Waals surface area contributed by atoms with E-state index in [4.69, 9.17) is 4.74 Å². The van der Waals surface area contributed by atoms with E-state index in [1.54, 1.807) is 24.3 Å². The van der Waals surface area contributed by atoms with Crippen LogP contribution in [0.3, 0.4) is 0 Å². The highest BCUT2D eigenvalue weighted by Crippen LogP contribution is 2.26. The molecule has 4 heteroatoms. The molecule has 2 rings (SSSR count). The molecule has 0 N–H and O–H groups in total. The molecule has 1 saturated carbocycles. The fraction of sp³-hybridized carbons (Fsp3) is 0.500. The minimum atomic E-state index is -2.17. The predicted molar refractivity (Wildman–Crippen MR) is 61.1 cm³/mol. The zero-order valence-corrected chi connectivity index (χ0v) is 9.87. The summed E-state index contributed by atoms with van der Waals surface area (Å²) in [5.74, 6) is 1.29. The second kappa shape index (κ2) is 5.46. The summed E-state index contributed by atoms with van der Waals surface area (Å²) >= 11 is -2.17. The molecule has 1 aliphatic carbocycles. The van der Waals surface area contributed by atoms with Gasteiger partial charge in [-0.15, -0.1) is 0 Å². The zero-order valence-electron chi connectivity index (χ0n) is 9.06. The third kappa shape index (κ3) is 3.06. The zero-order chi connectivity index (χ0) is 11.4. The summed E-state index contributed by atoms with van der Waals surface area (Å²) in [4.78, 5) is 0.281. The smallest absolute Gasteiger partial charge is 0.120 e. The lowest BCUT2D eigenvalue weighted by molar-refractivity contribution is 0.251. The summed E-state index contributed by atoms with van der Waals surface area (Å²) in [6.45, 7) is 0.703. The Morgan fingerprint density at radius 1 is 1.38 bits per heavy atom. The van der Waals surface area contributed by atoms with Gasteiger partial charge in [0.1, 0.15) is 5.75 Å². The highest BCUT2D eigenvalue weighted by atomic mass is 32.2. The van der Waals surface area contributed by atoms with Gasteiger partial charge in [0.15, 0.2) is 0 Å². The van der Waals surface area contributed by atoms with Crippen LogP contribution in [-0.4, -0.2) is 15.4 Å². The van der Waals surface area contributed by atoms with E-state index in [0.717, 1.165) is 0 Å². The Morgan fingerprint density at radius 2 is 2.12 bits per heavy atom. The van der Waals surface area contributed by atoms with Crippen LogP contribution < -0.4 is 4.74 Å². The van der Waals surface area contributed by atoms with E-state index in [-0.39, 0.29) is 4.90 Å². The minimum absolute atomic E-state index is 0.281. The van der Waals surface area contributed by atoms with E-state index in [1.807, 2.05) is 0 Å². The van der Waals surface area contributed by atoms with Crippen molar-refractivity contribution in [3.63, 3.8) is 0 Å². The van der Waals surface area contributed by atoms with Crippen molar-refractivity contribution in [2.24, 2.45) is 5.92 Å². The molecule has 16 heavy (non-hydrogen) atoms. The number of benzene rings is 1. The third-order valence-electron chi connectivity index (χ3n) is 2.96. The Kier molecular flexibility index (Phi) is 3.96. The van der Waals surface area contributed by atoms with Gasteiger partial charge in [-0.25, -0.2) is 0 Å². The summed E-state index contributed by atoms with van der Waals surface area (Å²) in [6.07, 6.45) is 5.04. The summed E-state index contributed by atoms with van der Waals surface area (Å²) < 4.78 is 27.1. The number of ether oxygens (including phenoxy) is 1. The lowest BCUT2D eigenvalue weighted by Crippen LogP contribution is -2.08. The van der Waals surface area contributed by atoms with E-state index in [0.29, 0.717) is 18.3 Å². The molecule has 1 unspecified atom stereocenters. The van der Waals surface area contributed by atoms with Gasteiger partial charge < -0.3 is 9.29 Å². The van der Waals surface area contributed by atoms with Gasteiger partial charge in [0.25, 0.3) is 0 Å². The summed E-state index contributed by atoms with van der Waals surface area (Å²) in [5, 5.41) is 0. The number of hydrogen-bond donors (Lipinski definition) is 0. The first kappa shape index (κ1) is 11.6. The predicted octanol–water partition coefficient (Wildman–Crippen LogP) is 2.49. The number of rotatable bonds is 4. The van der Waals surface area contributed by atoms with Crippen molar-refractivity contribution in [1.29, 1.82) is 0 Å². The first-order valence-corrected chi connectivity index (χ1v) is 6.65. The van der Waals surface area contributed by atoms with Gasteiger partial charge in [-0.05, 0) is 48.0 Å². The van der Waals surface area contributed by atoms with Crippen LogP contribution in [0.15, 0.2) is 29.2 Å². The molecule has 1 aliphatic rings. The van der Waals surface area contributed by atoms with Gasteiger partial charge >= 0.3 is 0 Å². The van der Waals surface area contributed by atoms with Crippen LogP contribution in [0.5, 0.6) is 5.75 Å². The van der Waals surface area contributed by atoms with Crippen LogP contribution in [0.1, 0.15) is 25.7 Å². The topological polar surface area (TPSA) is 49.4 Å². The first-order chi connectivity index (χ1) is 7.75. The van der Waals surface area contributed by atoms with E-state index in [9.17, 15) is 8.76 Å². The first-order valence-electron chi connectivity index (χ1n) is 5.58. The third-order valence-corrected chi connectivity index (χ3v) is 3.60. The molecule has 0 aromatic heterocycles. The van der Waals surface area contributed by atoms with Crippen molar-refractivity contribution in [2.75, 3.05) is 6.61 Å². The van der Waals surface area contributed by atoms with E-state index < -0.39 is 11.1 Å².